The number of halogens is 5. The van der Waals surface area contributed by atoms with Crippen LogP contribution in [0.25, 0.3) is 0 Å². The van der Waals surface area contributed by atoms with Crippen molar-refractivity contribution in [3.63, 3.8) is 0 Å². The quantitative estimate of drug-likeness (QED) is 0.812. The van der Waals surface area contributed by atoms with Crippen molar-refractivity contribution >= 4 is 39.7 Å². The monoisotopic (exact) mass is 358 g/mol. The van der Waals surface area contributed by atoms with Crippen LogP contribution in [0.1, 0.15) is 30.9 Å². The maximum absolute atomic E-state index is 13.2. The highest BCUT2D eigenvalue weighted by Crippen LogP contribution is 2.45. The Kier molecular flexibility index (Phi) is 5.91. The Morgan fingerprint density at radius 1 is 1.33 bits per heavy atom. The predicted molar refractivity (Wildman–Crippen MR) is 76.8 cm³/mol. The van der Waals surface area contributed by atoms with Gasteiger partial charge in [-0.15, -0.1) is 0 Å². The molecule has 0 heterocycles. The summed E-state index contributed by atoms with van der Waals surface area (Å²) in [5, 5.41) is 7.84. The van der Waals surface area contributed by atoms with Crippen LogP contribution in [0, 0.1) is 11.3 Å². The van der Waals surface area contributed by atoms with Gasteiger partial charge in [0.2, 0.25) is 0 Å². The molecule has 0 fully saturated rings. The molecule has 3 nitrogen and oxygen atoms in total. The second-order valence-corrected chi connectivity index (χ2v) is 6.40. The predicted octanol–water partition coefficient (Wildman–Crippen LogP) is 4.37. The van der Waals surface area contributed by atoms with E-state index in [1.807, 2.05) is 0 Å². The van der Waals surface area contributed by atoms with Gasteiger partial charge in [0.05, 0.1) is 42.6 Å². The molecule has 0 aliphatic rings. The molecule has 0 spiro atoms. The minimum atomic E-state index is -4.91. The summed E-state index contributed by atoms with van der Waals surface area (Å²) >= 11 is 11.5. The minimum Gasteiger partial charge on any atom is -0.396 e. The molecule has 21 heavy (non-hydrogen) atoms. The van der Waals surface area contributed by atoms with Gasteiger partial charge >= 0.3 is 6.18 Å². The van der Waals surface area contributed by atoms with E-state index in [0.29, 0.717) is 12.8 Å². The van der Waals surface area contributed by atoms with Gasteiger partial charge in [0.25, 0.3) is 0 Å². The summed E-state index contributed by atoms with van der Waals surface area (Å²) in [6.45, 7) is 1.81. The van der Waals surface area contributed by atoms with Gasteiger partial charge in [0.1, 0.15) is 6.07 Å². The summed E-state index contributed by atoms with van der Waals surface area (Å²) in [5.41, 5.74) is 2.92. The second-order valence-electron chi connectivity index (χ2n) is 4.13. The molecule has 0 saturated carbocycles. The standard InChI is InChI=1S/C12H11Cl2F3N2OS/c1-2-3-4-21(20)11-7(12(15,16)17)6(5-18)8(13)10(19)9(11)14/h2-4,19H2,1H3. The summed E-state index contributed by atoms with van der Waals surface area (Å²) in [7, 11) is -2.03. The Hall–Kier alpha value is -0.970. The van der Waals surface area contributed by atoms with Crippen molar-refractivity contribution in [1.29, 1.82) is 5.26 Å². The first kappa shape index (κ1) is 18.1. The van der Waals surface area contributed by atoms with E-state index in [2.05, 4.69) is 0 Å². The molecule has 1 aromatic rings. The molecule has 0 amide bonds. The van der Waals surface area contributed by atoms with Crippen molar-refractivity contribution in [2.24, 2.45) is 0 Å². The molecule has 1 atom stereocenters. The fourth-order valence-corrected chi connectivity index (χ4v) is 3.89. The van der Waals surface area contributed by atoms with E-state index >= 15 is 0 Å². The van der Waals surface area contributed by atoms with Gasteiger partial charge in [0, 0.05) is 5.75 Å². The molecule has 0 aromatic heterocycles. The molecule has 116 valence electrons. The molecule has 1 rings (SSSR count). The van der Waals surface area contributed by atoms with Crippen LogP contribution in [-0.2, 0) is 17.0 Å². The van der Waals surface area contributed by atoms with Gasteiger partial charge in [-0.1, -0.05) is 36.5 Å². The van der Waals surface area contributed by atoms with E-state index in [0.717, 1.165) is 0 Å². The van der Waals surface area contributed by atoms with E-state index in [9.17, 15) is 17.4 Å². The molecular weight excluding hydrogens is 348 g/mol. The van der Waals surface area contributed by atoms with Crippen LogP contribution in [-0.4, -0.2) is 9.96 Å². The number of rotatable bonds is 4. The number of nitrogens with zero attached hydrogens (tertiary/aromatic N) is 1. The average molecular weight is 359 g/mol. The summed E-state index contributed by atoms with van der Waals surface area (Å²) in [5.74, 6) is -0.00869. The SMILES string of the molecule is CCCCS(=O)c1c(Cl)c(N)c(Cl)c(C#N)c1C(F)(F)F. The summed E-state index contributed by atoms with van der Waals surface area (Å²) in [6.07, 6.45) is -3.81. The Morgan fingerprint density at radius 3 is 2.33 bits per heavy atom. The number of nitrogen functional groups attached to an aromatic ring is 1. The Bertz CT molecular complexity index is 627. The number of hydrogen-bond donors (Lipinski definition) is 1. The fourth-order valence-electron chi connectivity index (χ4n) is 1.65. The number of anilines is 1. The molecule has 0 saturated heterocycles. The number of nitrogens with two attached hydrogens (primary N) is 1. The molecule has 1 aromatic carbocycles. The molecular formula is C12H11Cl2F3N2OS. The van der Waals surface area contributed by atoms with Crippen molar-refractivity contribution in [1.82, 2.24) is 0 Å². The van der Waals surface area contributed by atoms with Gasteiger partial charge < -0.3 is 5.73 Å². The van der Waals surface area contributed by atoms with E-state index in [-0.39, 0.29) is 11.4 Å². The first-order valence-corrected chi connectivity index (χ1v) is 7.90. The number of alkyl halides is 3. The number of unbranched alkanes of at least 4 members (excludes halogenated alkanes) is 1. The van der Waals surface area contributed by atoms with E-state index in [4.69, 9.17) is 34.2 Å². The van der Waals surface area contributed by atoms with Crippen LogP contribution >= 0.6 is 23.2 Å². The lowest BCUT2D eigenvalue weighted by atomic mass is 10.1. The van der Waals surface area contributed by atoms with E-state index in [1.165, 1.54) is 6.07 Å². The number of hydrogen-bond acceptors (Lipinski definition) is 3. The molecule has 1 unspecified atom stereocenters. The summed E-state index contributed by atoms with van der Waals surface area (Å²) in [6, 6.07) is 1.36. The van der Waals surface area contributed by atoms with Gasteiger partial charge in [-0.25, -0.2) is 0 Å². The average Bonchev–Trinajstić information content (AvgIpc) is 2.40. The van der Waals surface area contributed by atoms with Crippen molar-refractivity contribution in [3.05, 3.63) is 21.2 Å². The van der Waals surface area contributed by atoms with Crippen molar-refractivity contribution in [3.8, 4) is 6.07 Å². The highest BCUT2D eigenvalue weighted by molar-refractivity contribution is 7.85. The number of benzene rings is 1. The van der Waals surface area contributed by atoms with Crippen LogP contribution in [0.2, 0.25) is 10.0 Å². The molecule has 0 aliphatic carbocycles. The first-order valence-electron chi connectivity index (χ1n) is 5.82. The zero-order valence-corrected chi connectivity index (χ0v) is 13.2. The maximum atomic E-state index is 13.2. The second kappa shape index (κ2) is 6.86. The molecule has 0 bridgehead atoms. The number of nitriles is 1. The van der Waals surface area contributed by atoms with Crippen LogP contribution in [0.5, 0.6) is 0 Å². The van der Waals surface area contributed by atoms with Crippen LogP contribution in [0.15, 0.2) is 4.90 Å². The highest BCUT2D eigenvalue weighted by Gasteiger charge is 2.41. The third-order valence-electron chi connectivity index (χ3n) is 2.68. The molecule has 0 radical (unpaired) electrons. The zero-order chi connectivity index (χ0) is 16.4. The van der Waals surface area contributed by atoms with Crippen LogP contribution in [0.4, 0.5) is 18.9 Å². The topological polar surface area (TPSA) is 66.9 Å². The first-order chi connectivity index (χ1) is 9.66. The lowest BCUT2D eigenvalue weighted by molar-refractivity contribution is -0.140. The van der Waals surface area contributed by atoms with Crippen molar-refractivity contribution < 1.29 is 17.4 Å². The highest BCUT2D eigenvalue weighted by atomic mass is 35.5. The van der Waals surface area contributed by atoms with E-state index in [1.54, 1.807) is 6.92 Å². The van der Waals surface area contributed by atoms with Gasteiger partial charge in [-0.05, 0) is 6.42 Å². The molecule has 2 N–H and O–H groups in total. The Morgan fingerprint density at radius 2 is 1.90 bits per heavy atom. The van der Waals surface area contributed by atoms with Crippen LogP contribution < -0.4 is 5.73 Å². The third-order valence-corrected chi connectivity index (χ3v) is 5.10. The normalized spacial score (nSPS) is 13.0. The molecule has 9 heteroatoms. The summed E-state index contributed by atoms with van der Waals surface area (Å²) < 4.78 is 51.8. The van der Waals surface area contributed by atoms with Crippen LogP contribution in [0.3, 0.4) is 0 Å². The smallest absolute Gasteiger partial charge is 0.396 e. The van der Waals surface area contributed by atoms with Gasteiger partial charge in [-0.2, -0.15) is 18.4 Å². The van der Waals surface area contributed by atoms with Crippen molar-refractivity contribution in [2.75, 3.05) is 11.5 Å². The van der Waals surface area contributed by atoms with Gasteiger partial charge in [-0.3, -0.25) is 4.21 Å². The third kappa shape index (κ3) is 3.62. The largest absolute Gasteiger partial charge is 0.418 e. The maximum Gasteiger partial charge on any atom is 0.418 e. The summed E-state index contributed by atoms with van der Waals surface area (Å²) in [4.78, 5) is -0.670. The van der Waals surface area contributed by atoms with E-state index < -0.39 is 43.0 Å². The minimum absolute atomic E-state index is 0.00869. The zero-order valence-electron chi connectivity index (χ0n) is 10.9. The Labute approximate surface area is 132 Å². The lowest BCUT2D eigenvalue weighted by Crippen LogP contribution is -2.16. The van der Waals surface area contributed by atoms with Crippen molar-refractivity contribution in [2.45, 2.75) is 30.8 Å². The van der Waals surface area contributed by atoms with Gasteiger partial charge in [0.15, 0.2) is 0 Å². The lowest BCUT2D eigenvalue weighted by Gasteiger charge is -2.18. The fraction of sp³-hybridized carbons (Fsp3) is 0.417. The molecule has 0 aliphatic heterocycles. The Balaban J connectivity index is 3.73.